The Bertz CT molecular complexity index is 1540. The fourth-order valence-electron chi connectivity index (χ4n) is 6.80. The largest absolute Gasteiger partial charge is 0.472 e. The van der Waals surface area contributed by atoms with E-state index < -0.39 is 83.5 Å². The van der Waals surface area contributed by atoms with Crippen LogP contribution >= 0.6 is 15.6 Å². The Morgan fingerprint density at radius 2 is 1.12 bits per heavy atom. The summed E-state index contributed by atoms with van der Waals surface area (Å²) in [5.41, 5.74) is 0. The van der Waals surface area contributed by atoms with E-state index in [-0.39, 0.29) is 25.0 Å². The van der Waals surface area contributed by atoms with Gasteiger partial charge in [0.2, 0.25) is 0 Å². The van der Waals surface area contributed by atoms with Gasteiger partial charge in [-0.25, -0.2) is 9.13 Å². The lowest BCUT2D eigenvalue weighted by atomic mass is 9.85. The molecule has 0 bridgehead atoms. The Balaban J connectivity index is 1.84. The topological polar surface area (TPSA) is 269 Å². The molecule has 0 aromatic rings. The number of allylic oxidation sites excluding steroid dienone is 9. The predicted molar refractivity (Wildman–Crippen MR) is 240 cm³/mol. The molecule has 0 amide bonds. The minimum Gasteiger partial charge on any atom is -0.462 e. The number of phosphoric ester groups is 2. The number of esters is 2. The summed E-state index contributed by atoms with van der Waals surface area (Å²) in [6.07, 6.45) is 23.5. The molecule has 2 aliphatic rings. The minimum atomic E-state index is -5.37. The molecular weight excluding hydrogens is 874 g/mol. The van der Waals surface area contributed by atoms with E-state index in [2.05, 4.69) is 79.1 Å². The van der Waals surface area contributed by atoms with Crippen LogP contribution in [0.5, 0.6) is 0 Å². The van der Waals surface area contributed by atoms with Gasteiger partial charge in [-0.2, -0.15) is 0 Å². The lowest BCUT2D eigenvalue weighted by molar-refractivity contribution is -0.216. The Hall–Kier alpha value is -2.34. The summed E-state index contributed by atoms with van der Waals surface area (Å²) in [6.45, 7) is 2.92. The van der Waals surface area contributed by atoms with Crippen LogP contribution in [0, 0.1) is 0 Å². The third-order valence-corrected chi connectivity index (χ3v) is 12.0. The van der Waals surface area contributed by atoms with Crippen molar-refractivity contribution in [1.82, 2.24) is 0 Å². The van der Waals surface area contributed by atoms with Gasteiger partial charge in [-0.05, 0) is 77.0 Å². The highest BCUT2D eigenvalue weighted by Gasteiger charge is 2.54. The first-order chi connectivity index (χ1) is 30.6. The lowest BCUT2D eigenvalue weighted by Gasteiger charge is -2.43. The van der Waals surface area contributed by atoms with Crippen LogP contribution in [0.25, 0.3) is 0 Å². The summed E-state index contributed by atoms with van der Waals surface area (Å²) >= 11 is 0. The van der Waals surface area contributed by atoms with E-state index in [1.807, 2.05) is 0 Å². The van der Waals surface area contributed by atoms with Crippen molar-refractivity contribution >= 4 is 27.6 Å². The molecule has 1 saturated heterocycles. The van der Waals surface area contributed by atoms with Gasteiger partial charge in [0.15, 0.2) is 6.10 Å². The smallest absolute Gasteiger partial charge is 0.462 e. The van der Waals surface area contributed by atoms with Gasteiger partial charge in [0.25, 0.3) is 0 Å². The number of carbonyl (C=O) groups is 2. The van der Waals surface area contributed by atoms with E-state index >= 15 is 0 Å². The molecule has 10 atom stereocenters. The monoisotopic (exact) mass is 950 g/mol. The van der Waals surface area contributed by atoms with Gasteiger partial charge in [0.05, 0.1) is 18.8 Å². The lowest BCUT2D eigenvalue weighted by Crippen LogP contribution is -2.64. The zero-order chi connectivity index (χ0) is 47.2. The quantitative estimate of drug-likeness (QED) is 0.0107. The van der Waals surface area contributed by atoms with Crippen molar-refractivity contribution in [3.05, 3.63) is 60.8 Å². The maximum atomic E-state index is 13.0. The normalized spacial score (nSPS) is 25.5. The van der Waals surface area contributed by atoms with Crippen molar-refractivity contribution in [1.29, 1.82) is 0 Å². The number of hydrogen-bond acceptors (Lipinski definition) is 14. The van der Waals surface area contributed by atoms with Crippen LogP contribution < -0.4 is 0 Å². The summed E-state index contributed by atoms with van der Waals surface area (Å²) < 4.78 is 55.0. The Kier molecular flexibility index (Phi) is 30.0. The molecule has 1 aliphatic heterocycles. The molecule has 1 aliphatic carbocycles. The maximum absolute atomic E-state index is 13.0. The molecule has 7 unspecified atom stereocenters. The number of epoxide rings is 1. The van der Waals surface area contributed by atoms with Gasteiger partial charge in [0, 0.05) is 12.8 Å². The second-order valence-corrected chi connectivity index (χ2v) is 18.7. The van der Waals surface area contributed by atoms with Crippen molar-refractivity contribution in [2.75, 3.05) is 13.2 Å². The van der Waals surface area contributed by atoms with Gasteiger partial charge < -0.3 is 49.3 Å². The first-order valence-electron chi connectivity index (χ1n) is 23.0. The predicted octanol–water partition coefficient (Wildman–Crippen LogP) is 7.27. The van der Waals surface area contributed by atoms with E-state index in [9.17, 15) is 44.0 Å². The maximum Gasteiger partial charge on any atom is 0.472 e. The fraction of sp³-hybridized carbons (Fsp3) is 0.733. The summed E-state index contributed by atoms with van der Waals surface area (Å²) in [6, 6.07) is 0. The van der Waals surface area contributed by atoms with Crippen LogP contribution in [-0.4, -0.2) is 115 Å². The van der Waals surface area contributed by atoms with Crippen LogP contribution in [0.2, 0.25) is 0 Å². The van der Waals surface area contributed by atoms with Gasteiger partial charge in [0.1, 0.15) is 43.2 Å². The van der Waals surface area contributed by atoms with Gasteiger partial charge in [-0.1, -0.05) is 113 Å². The molecule has 0 aromatic heterocycles. The first kappa shape index (κ1) is 57.8. The molecule has 1 saturated carbocycles. The summed E-state index contributed by atoms with van der Waals surface area (Å²) in [4.78, 5) is 54.3. The molecule has 0 spiro atoms. The van der Waals surface area contributed by atoms with E-state index in [0.29, 0.717) is 19.3 Å². The van der Waals surface area contributed by atoms with Crippen molar-refractivity contribution < 1.29 is 81.6 Å². The number of aliphatic hydroxyl groups is 4. The Labute approximate surface area is 379 Å². The van der Waals surface area contributed by atoms with E-state index in [0.717, 1.165) is 77.0 Å². The molecule has 368 valence electrons. The zero-order valence-electron chi connectivity index (χ0n) is 37.6. The van der Waals surface area contributed by atoms with Crippen molar-refractivity contribution in [2.24, 2.45) is 0 Å². The Morgan fingerprint density at radius 3 is 1.75 bits per heavy atom. The third kappa shape index (κ3) is 26.7. The fourth-order valence-corrected chi connectivity index (χ4v) is 8.33. The summed E-state index contributed by atoms with van der Waals surface area (Å²) in [5.74, 6) is -1.30. The molecular formula is C45H76O17P2. The van der Waals surface area contributed by atoms with Crippen molar-refractivity contribution in [3.8, 4) is 0 Å². The van der Waals surface area contributed by atoms with Crippen LogP contribution in [0.4, 0.5) is 0 Å². The number of phosphoric acid groups is 2. The second kappa shape index (κ2) is 33.2. The number of rotatable bonds is 36. The highest BCUT2D eigenvalue weighted by Crippen LogP contribution is 2.49. The second-order valence-electron chi connectivity index (χ2n) is 16.1. The average Bonchev–Trinajstić information content (AvgIpc) is 4.00. The van der Waals surface area contributed by atoms with Crippen LogP contribution in [0.3, 0.4) is 0 Å². The van der Waals surface area contributed by atoms with Crippen LogP contribution in [-0.2, 0) is 46.5 Å². The standard InChI is InChI=1S/C45H76O17P2/c1-3-5-7-9-11-13-15-17-19-21-23-25-27-31-39(47)59-35(34-58-64(55,56)62-45-42(50)40(48)41(49)44(43(45)51)61-63(52,53)54)33-57-38(46)32-28-30-37-36(60-37)29-26-24-22-20-18-16-14-12-10-8-6-4-2/h7,9,12-15,18,20,24,26,35-37,40-45,48-51H,3-6,8,10-11,16-17,19,21-23,25,27-34H2,1-2H3,(H,55,56)(H2,52,53,54)/b9-7-,14-12-,15-13-,20-18-,26-24-/t35-,36?,37?,40?,41?,42?,43?,44-,45+/m1/s1. The summed E-state index contributed by atoms with van der Waals surface area (Å²) in [7, 11) is -10.7. The van der Waals surface area contributed by atoms with Crippen molar-refractivity contribution in [2.45, 2.75) is 197 Å². The van der Waals surface area contributed by atoms with E-state index in [1.165, 1.54) is 19.3 Å². The number of unbranched alkanes of at least 4 members (excludes halogenated alkanes) is 9. The molecule has 1 heterocycles. The molecule has 19 heteroatoms. The highest BCUT2D eigenvalue weighted by molar-refractivity contribution is 7.47. The first-order valence-corrected chi connectivity index (χ1v) is 26.0. The number of hydrogen-bond donors (Lipinski definition) is 7. The molecule has 0 aromatic carbocycles. The molecule has 17 nitrogen and oxygen atoms in total. The van der Waals surface area contributed by atoms with Crippen molar-refractivity contribution in [3.63, 3.8) is 0 Å². The van der Waals surface area contributed by atoms with Gasteiger partial charge >= 0.3 is 27.6 Å². The highest BCUT2D eigenvalue weighted by atomic mass is 31.2. The minimum absolute atomic E-state index is 0.00859. The van der Waals surface area contributed by atoms with Gasteiger partial charge in [-0.15, -0.1) is 0 Å². The van der Waals surface area contributed by atoms with Gasteiger partial charge in [-0.3, -0.25) is 23.2 Å². The number of aliphatic hydroxyl groups excluding tert-OH is 4. The number of ether oxygens (including phenoxy) is 3. The SMILES string of the molecule is CCC/C=C\C/C=C\CCCCCCCC(=O)O[C@H](COC(=O)CCCC1OC1C/C=C\C/C=C\C/C=C\CCCCC)COP(=O)(O)O[C@H]1C(O)C(O)C(O)[C@@H](OP(=O)(O)O)C1O. The van der Waals surface area contributed by atoms with E-state index in [4.69, 9.17) is 33.0 Å². The Morgan fingerprint density at radius 1 is 0.578 bits per heavy atom. The molecule has 64 heavy (non-hydrogen) atoms. The average molecular weight is 951 g/mol. The molecule has 2 fully saturated rings. The molecule has 2 rings (SSSR count). The molecule has 7 N–H and O–H groups in total. The summed E-state index contributed by atoms with van der Waals surface area (Å²) in [5, 5.41) is 41.2. The number of carbonyl (C=O) groups excluding carboxylic acids is 2. The van der Waals surface area contributed by atoms with E-state index in [1.54, 1.807) is 0 Å². The zero-order valence-corrected chi connectivity index (χ0v) is 39.4. The third-order valence-electron chi connectivity index (χ3n) is 10.5. The van der Waals surface area contributed by atoms with Crippen LogP contribution in [0.15, 0.2) is 60.8 Å². The molecule has 0 radical (unpaired) electrons. The van der Waals surface area contributed by atoms with Crippen LogP contribution in [0.1, 0.15) is 142 Å².